The normalized spacial score (nSPS) is 10.3. The molecule has 2 aromatic carbocycles. The molecule has 1 heterocycles. The summed E-state index contributed by atoms with van der Waals surface area (Å²) < 4.78 is 18.9. The SMILES string of the molecule is Cc1cccc(NC(=O)c2ccc(Oc3ccccc3F)nc2)c1O. The van der Waals surface area contributed by atoms with Gasteiger partial charge in [-0.1, -0.05) is 24.3 Å². The van der Waals surface area contributed by atoms with Crippen LogP contribution in [0.4, 0.5) is 10.1 Å². The Morgan fingerprint density at radius 2 is 1.92 bits per heavy atom. The van der Waals surface area contributed by atoms with Crippen LogP contribution >= 0.6 is 0 Å². The Bertz CT molecular complexity index is 911. The Labute approximate surface area is 143 Å². The van der Waals surface area contributed by atoms with Crippen molar-refractivity contribution in [2.45, 2.75) is 6.92 Å². The minimum atomic E-state index is -0.499. The molecule has 25 heavy (non-hydrogen) atoms. The summed E-state index contributed by atoms with van der Waals surface area (Å²) in [5.74, 6) is -0.688. The summed E-state index contributed by atoms with van der Waals surface area (Å²) in [6, 6.07) is 14.0. The zero-order chi connectivity index (χ0) is 17.8. The number of hydrogen-bond donors (Lipinski definition) is 2. The van der Waals surface area contributed by atoms with E-state index >= 15 is 0 Å². The van der Waals surface area contributed by atoms with Crippen molar-refractivity contribution >= 4 is 11.6 Å². The third-order valence-electron chi connectivity index (χ3n) is 3.54. The van der Waals surface area contributed by atoms with Gasteiger partial charge in [-0.2, -0.15) is 0 Å². The number of anilines is 1. The third-order valence-corrected chi connectivity index (χ3v) is 3.54. The van der Waals surface area contributed by atoms with E-state index in [1.54, 1.807) is 37.3 Å². The lowest BCUT2D eigenvalue weighted by molar-refractivity contribution is 0.102. The monoisotopic (exact) mass is 338 g/mol. The number of carbonyl (C=O) groups excluding carboxylic acids is 1. The lowest BCUT2D eigenvalue weighted by Crippen LogP contribution is -2.12. The van der Waals surface area contributed by atoms with Crippen molar-refractivity contribution in [2.75, 3.05) is 5.32 Å². The maximum atomic E-state index is 13.6. The molecule has 3 rings (SSSR count). The molecule has 0 aliphatic carbocycles. The number of hydrogen-bond acceptors (Lipinski definition) is 4. The van der Waals surface area contributed by atoms with E-state index in [0.717, 1.165) is 0 Å². The molecule has 0 saturated carbocycles. The fraction of sp³-hybridized carbons (Fsp3) is 0.0526. The molecule has 0 aliphatic rings. The second kappa shape index (κ2) is 7.00. The van der Waals surface area contributed by atoms with Crippen LogP contribution < -0.4 is 10.1 Å². The molecule has 3 aromatic rings. The molecule has 0 spiro atoms. The molecule has 0 unspecified atom stereocenters. The number of halogens is 1. The van der Waals surface area contributed by atoms with Crippen LogP contribution in [0.1, 0.15) is 15.9 Å². The first-order valence-electron chi connectivity index (χ1n) is 7.53. The summed E-state index contributed by atoms with van der Waals surface area (Å²) in [6.07, 6.45) is 1.32. The Kier molecular flexibility index (Phi) is 4.61. The standard InChI is InChI=1S/C19H15FN2O3/c1-12-5-4-7-15(18(12)23)22-19(24)13-9-10-17(21-11-13)25-16-8-3-2-6-14(16)20/h2-11,23H,1H3,(H,22,24). The highest BCUT2D eigenvalue weighted by Gasteiger charge is 2.11. The van der Waals surface area contributed by atoms with Gasteiger partial charge in [-0.15, -0.1) is 0 Å². The molecule has 1 aromatic heterocycles. The number of aryl methyl sites for hydroxylation is 1. The van der Waals surface area contributed by atoms with Gasteiger partial charge in [0, 0.05) is 12.3 Å². The first-order valence-corrected chi connectivity index (χ1v) is 7.53. The van der Waals surface area contributed by atoms with Crippen LogP contribution in [0.15, 0.2) is 60.8 Å². The van der Waals surface area contributed by atoms with Gasteiger partial charge in [0.05, 0.1) is 11.3 Å². The van der Waals surface area contributed by atoms with Crippen molar-refractivity contribution in [3.05, 3.63) is 77.7 Å². The lowest BCUT2D eigenvalue weighted by Gasteiger charge is -2.09. The van der Waals surface area contributed by atoms with Crippen molar-refractivity contribution in [1.82, 2.24) is 4.98 Å². The lowest BCUT2D eigenvalue weighted by atomic mass is 10.2. The fourth-order valence-electron chi connectivity index (χ4n) is 2.17. The summed E-state index contributed by atoms with van der Waals surface area (Å²) in [6.45, 7) is 1.74. The predicted octanol–water partition coefficient (Wildman–Crippen LogP) is 4.28. The smallest absolute Gasteiger partial charge is 0.257 e. The molecule has 0 bridgehead atoms. The highest BCUT2D eigenvalue weighted by Crippen LogP contribution is 2.27. The third kappa shape index (κ3) is 3.74. The minimum Gasteiger partial charge on any atom is -0.505 e. The van der Waals surface area contributed by atoms with Crippen LogP contribution in [0.3, 0.4) is 0 Å². The van der Waals surface area contributed by atoms with Gasteiger partial charge in [0.1, 0.15) is 5.75 Å². The molecule has 6 heteroatoms. The van der Waals surface area contributed by atoms with Crippen LogP contribution in [0.5, 0.6) is 17.4 Å². The fourth-order valence-corrected chi connectivity index (χ4v) is 2.17. The predicted molar refractivity (Wildman–Crippen MR) is 91.5 cm³/mol. The molecular weight excluding hydrogens is 323 g/mol. The number of carbonyl (C=O) groups is 1. The maximum Gasteiger partial charge on any atom is 0.257 e. The van der Waals surface area contributed by atoms with E-state index in [4.69, 9.17) is 4.74 Å². The summed E-state index contributed by atoms with van der Waals surface area (Å²) in [4.78, 5) is 16.2. The van der Waals surface area contributed by atoms with Gasteiger partial charge in [0.2, 0.25) is 5.88 Å². The highest BCUT2D eigenvalue weighted by atomic mass is 19.1. The zero-order valence-electron chi connectivity index (χ0n) is 13.4. The van der Waals surface area contributed by atoms with Crippen LogP contribution in [0.25, 0.3) is 0 Å². The van der Waals surface area contributed by atoms with E-state index in [-0.39, 0.29) is 22.9 Å². The van der Waals surface area contributed by atoms with E-state index in [0.29, 0.717) is 11.3 Å². The van der Waals surface area contributed by atoms with E-state index in [9.17, 15) is 14.3 Å². The number of rotatable bonds is 4. The number of pyridine rings is 1. The number of aromatic nitrogens is 1. The Balaban J connectivity index is 1.72. The summed E-state index contributed by atoms with van der Waals surface area (Å²) in [5.41, 5.74) is 1.25. The number of para-hydroxylation sites is 2. The number of nitrogens with one attached hydrogen (secondary N) is 1. The van der Waals surface area contributed by atoms with Crippen molar-refractivity contribution in [1.29, 1.82) is 0 Å². The second-order valence-electron chi connectivity index (χ2n) is 5.34. The van der Waals surface area contributed by atoms with Gasteiger partial charge in [-0.3, -0.25) is 4.79 Å². The van der Waals surface area contributed by atoms with Gasteiger partial charge in [-0.05, 0) is 36.8 Å². The maximum absolute atomic E-state index is 13.6. The molecule has 2 N–H and O–H groups in total. The van der Waals surface area contributed by atoms with Crippen molar-refractivity contribution < 1.29 is 19.0 Å². The average molecular weight is 338 g/mol. The number of phenolic OH excluding ortho intramolecular Hbond substituents is 1. The van der Waals surface area contributed by atoms with E-state index < -0.39 is 11.7 Å². The second-order valence-corrected chi connectivity index (χ2v) is 5.34. The van der Waals surface area contributed by atoms with Crippen molar-refractivity contribution in [3.63, 3.8) is 0 Å². The zero-order valence-corrected chi connectivity index (χ0v) is 13.4. The molecule has 0 atom stereocenters. The van der Waals surface area contributed by atoms with Crippen LogP contribution in [0, 0.1) is 12.7 Å². The van der Waals surface area contributed by atoms with Crippen molar-refractivity contribution in [2.24, 2.45) is 0 Å². The summed E-state index contributed by atoms with van der Waals surface area (Å²) in [5, 5.41) is 12.6. The molecule has 126 valence electrons. The first-order chi connectivity index (χ1) is 12.0. The van der Waals surface area contributed by atoms with E-state index in [2.05, 4.69) is 10.3 Å². The summed E-state index contributed by atoms with van der Waals surface area (Å²) >= 11 is 0. The van der Waals surface area contributed by atoms with Gasteiger partial charge in [-0.25, -0.2) is 9.37 Å². The molecule has 0 aliphatic heterocycles. The topological polar surface area (TPSA) is 71.5 Å². The van der Waals surface area contributed by atoms with E-state index in [1.807, 2.05) is 0 Å². The Hall–Kier alpha value is -3.41. The van der Waals surface area contributed by atoms with Gasteiger partial charge >= 0.3 is 0 Å². The molecule has 0 fully saturated rings. The molecular formula is C19H15FN2O3. The van der Waals surface area contributed by atoms with Gasteiger partial charge in [0.15, 0.2) is 11.6 Å². The van der Waals surface area contributed by atoms with Crippen LogP contribution in [-0.2, 0) is 0 Å². The minimum absolute atomic E-state index is 0.0170. The largest absolute Gasteiger partial charge is 0.505 e. The molecule has 1 amide bonds. The van der Waals surface area contributed by atoms with Crippen LogP contribution in [-0.4, -0.2) is 16.0 Å². The number of nitrogens with zero attached hydrogens (tertiary/aromatic N) is 1. The Morgan fingerprint density at radius 3 is 2.64 bits per heavy atom. The number of ether oxygens (including phenoxy) is 1. The number of aromatic hydroxyl groups is 1. The molecule has 0 saturated heterocycles. The first kappa shape index (κ1) is 16.4. The van der Waals surface area contributed by atoms with Crippen LogP contribution in [0.2, 0.25) is 0 Å². The summed E-state index contributed by atoms with van der Waals surface area (Å²) in [7, 11) is 0. The quantitative estimate of drug-likeness (QED) is 0.697. The molecule has 0 radical (unpaired) electrons. The highest BCUT2D eigenvalue weighted by molar-refractivity contribution is 6.04. The number of phenols is 1. The number of amides is 1. The van der Waals surface area contributed by atoms with E-state index in [1.165, 1.54) is 30.5 Å². The molecule has 5 nitrogen and oxygen atoms in total. The Morgan fingerprint density at radius 1 is 1.12 bits per heavy atom. The average Bonchev–Trinajstić information content (AvgIpc) is 2.61. The number of benzene rings is 2. The van der Waals surface area contributed by atoms with Crippen molar-refractivity contribution in [3.8, 4) is 17.4 Å². The van der Waals surface area contributed by atoms with Gasteiger partial charge in [0.25, 0.3) is 5.91 Å². The van der Waals surface area contributed by atoms with Gasteiger partial charge < -0.3 is 15.2 Å².